The van der Waals surface area contributed by atoms with Crippen LogP contribution in [0.15, 0.2) is 54.7 Å². The Labute approximate surface area is 177 Å². The third kappa shape index (κ3) is 5.00. The van der Waals surface area contributed by atoms with Gasteiger partial charge in [0.2, 0.25) is 5.91 Å². The number of hydrogen-bond acceptors (Lipinski definition) is 4. The van der Waals surface area contributed by atoms with E-state index < -0.39 is 0 Å². The third-order valence-corrected chi connectivity index (χ3v) is 5.11. The Kier molecular flexibility index (Phi) is 7.12. The van der Waals surface area contributed by atoms with Gasteiger partial charge in [-0.3, -0.25) is 4.79 Å². The van der Waals surface area contributed by atoms with E-state index in [2.05, 4.69) is 12.2 Å². The standard InChI is InChI=1S/C24H29N3O3/c1-5-17(2)25-23(28)14-11-18-16-27(19-9-7-6-8-10-19)26-24(18)21-15-20(29-3)12-13-22(21)30-4/h6-10,12-13,15-17H,5,11,14H2,1-4H3,(H,25,28)/t17-/m1/s1. The van der Waals surface area contributed by atoms with E-state index >= 15 is 0 Å². The Morgan fingerprint density at radius 3 is 2.57 bits per heavy atom. The summed E-state index contributed by atoms with van der Waals surface area (Å²) in [5.74, 6) is 1.47. The van der Waals surface area contributed by atoms with Crippen molar-refractivity contribution >= 4 is 5.91 Å². The van der Waals surface area contributed by atoms with Gasteiger partial charge in [0.15, 0.2) is 0 Å². The maximum absolute atomic E-state index is 12.4. The van der Waals surface area contributed by atoms with Crippen molar-refractivity contribution in [1.29, 1.82) is 0 Å². The van der Waals surface area contributed by atoms with E-state index in [1.54, 1.807) is 14.2 Å². The molecule has 1 aromatic heterocycles. The summed E-state index contributed by atoms with van der Waals surface area (Å²) in [4.78, 5) is 12.4. The van der Waals surface area contributed by atoms with E-state index in [0.29, 0.717) is 18.6 Å². The molecule has 1 amide bonds. The second-order valence-corrected chi connectivity index (χ2v) is 7.23. The molecule has 1 N–H and O–H groups in total. The van der Waals surface area contributed by atoms with Crippen molar-refractivity contribution in [3.63, 3.8) is 0 Å². The first-order valence-corrected chi connectivity index (χ1v) is 10.2. The molecule has 0 saturated heterocycles. The van der Waals surface area contributed by atoms with Gasteiger partial charge >= 0.3 is 0 Å². The molecule has 6 heteroatoms. The number of nitrogens with zero attached hydrogens (tertiary/aromatic N) is 2. The fourth-order valence-corrected chi connectivity index (χ4v) is 3.23. The number of rotatable bonds is 9. The van der Waals surface area contributed by atoms with E-state index in [-0.39, 0.29) is 11.9 Å². The zero-order valence-corrected chi connectivity index (χ0v) is 18.0. The predicted octanol–water partition coefficient (Wildman–Crippen LogP) is 4.40. The minimum absolute atomic E-state index is 0.0420. The van der Waals surface area contributed by atoms with Gasteiger partial charge in [-0.1, -0.05) is 25.1 Å². The van der Waals surface area contributed by atoms with Crippen molar-refractivity contribution < 1.29 is 14.3 Å². The van der Waals surface area contributed by atoms with Gasteiger partial charge in [0, 0.05) is 24.2 Å². The topological polar surface area (TPSA) is 65.4 Å². The highest BCUT2D eigenvalue weighted by Gasteiger charge is 2.18. The summed E-state index contributed by atoms with van der Waals surface area (Å²) in [6.45, 7) is 4.07. The van der Waals surface area contributed by atoms with Crippen molar-refractivity contribution in [2.75, 3.05) is 14.2 Å². The molecule has 1 atom stereocenters. The van der Waals surface area contributed by atoms with Crippen LogP contribution in [-0.4, -0.2) is 35.9 Å². The van der Waals surface area contributed by atoms with Crippen LogP contribution >= 0.6 is 0 Å². The molecule has 3 rings (SSSR count). The van der Waals surface area contributed by atoms with Crippen molar-refractivity contribution in [1.82, 2.24) is 15.1 Å². The van der Waals surface area contributed by atoms with Crippen LogP contribution in [-0.2, 0) is 11.2 Å². The van der Waals surface area contributed by atoms with Crippen LogP contribution in [0.2, 0.25) is 0 Å². The molecular weight excluding hydrogens is 378 g/mol. The molecule has 3 aromatic rings. The number of ether oxygens (including phenoxy) is 2. The predicted molar refractivity (Wildman–Crippen MR) is 118 cm³/mol. The first-order chi connectivity index (χ1) is 14.5. The van der Waals surface area contributed by atoms with Crippen molar-refractivity contribution in [3.05, 3.63) is 60.3 Å². The average molecular weight is 408 g/mol. The molecule has 0 saturated carbocycles. The van der Waals surface area contributed by atoms with Gasteiger partial charge < -0.3 is 14.8 Å². The summed E-state index contributed by atoms with van der Waals surface area (Å²) in [6.07, 6.45) is 3.86. The highest BCUT2D eigenvalue weighted by Crippen LogP contribution is 2.35. The zero-order valence-electron chi connectivity index (χ0n) is 18.0. The average Bonchev–Trinajstić information content (AvgIpc) is 3.21. The van der Waals surface area contributed by atoms with Crippen molar-refractivity contribution in [2.24, 2.45) is 0 Å². The summed E-state index contributed by atoms with van der Waals surface area (Å²) < 4.78 is 12.8. The SMILES string of the molecule is CC[C@@H](C)NC(=O)CCc1cn(-c2ccccc2)nc1-c1cc(OC)ccc1OC. The van der Waals surface area contributed by atoms with E-state index in [0.717, 1.165) is 34.7 Å². The Morgan fingerprint density at radius 1 is 1.13 bits per heavy atom. The number of para-hydroxylation sites is 1. The van der Waals surface area contributed by atoms with Crippen LogP contribution < -0.4 is 14.8 Å². The highest BCUT2D eigenvalue weighted by molar-refractivity contribution is 5.77. The largest absolute Gasteiger partial charge is 0.497 e. The van der Waals surface area contributed by atoms with Crippen LogP contribution in [0.4, 0.5) is 0 Å². The van der Waals surface area contributed by atoms with Crippen LogP contribution in [0.3, 0.4) is 0 Å². The summed E-state index contributed by atoms with van der Waals surface area (Å²) in [5.41, 5.74) is 3.55. The maximum Gasteiger partial charge on any atom is 0.220 e. The minimum atomic E-state index is 0.0420. The number of methoxy groups -OCH3 is 2. The fraction of sp³-hybridized carbons (Fsp3) is 0.333. The lowest BCUT2D eigenvalue weighted by atomic mass is 10.0. The molecule has 6 nitrogen and oxygen atoms in total. The zero-order chi connectivity index (χ0) is 21.5. The van der Waals surface area contributed by atoms with Gasteiger partial charge in [-0.25, -0.2) is 4.68 Å². The van der Waals surface area contributed by atoms with Crippen molar-refractivity contribution in [3.8, 4) is 28.4 Å². The molecule has 0 spiro atoms. The molecule has 1 heterocycles. The van der Waals surface area contributed by atoms with Gasteiger partial charge in [-0.05, 0) is 55.7 Å². The maximum atomic E-state index is 12.4. The van der Waals surface area contributed by atoms with E-state index in [9.17, 15) is 4.79 Å². The molecule has 0 bridgehead atoms. The Bertz CT molecular complexity index is 983. The number of aryl methyl sites for hydroxylation is 1. The van der Waals surface area contributed by atoms with Crippen molar-refractivity contribution in [2.45, 2.75) is 39.2 Å². The van der Waals surface area contributed by atoms with Gasteiger partial charge in [-0.2, -0.15) is 5.10 Å². The number of aromatic nitrogens is 2. The first kappa shape index (κ1) is 21.4. The van der Waals surface area contributed by atoms with E-state index in [4.69, 9.17) is 14.6 Å². The number of hydrogen-bond donors (Lipinski definition) is 1. The van der Waals surface area contributed by atoms with Crippen LogP contribution in [0.25, 0.3) is 16.9 Å². The monoisotopic (exact) mass is 407 g/mol. The lowest BCUT2D eigenvalue weighted by Crippen LogP contribution is -2.32. The van der Waals surface area contributed by atoms with Crippen LogP contribution in [0.5, 0.6) is 11.5 Å². The Balaban J connectivity index is 1.99. The number of benzene rings is 2. The summed E-state index contributed by atoms with van der Waals surface area (Å²) in [5, 5.41) is 7.87. The summed E-state index contributed by atoms with van der Waals surface area (Å²) >= 11 is 0. The number of amides is 1. The normalized spacial score (nSPS) is 11.7. The number of nitrogens with one attached hydrogen (secondary N) is 1. The van der Waals surface area contributed by atoms with E-state index in [1.807, 2.05) is 66.3 Å². The molecule has 0 radical (unpaired) electrons. The lowest BCUT2D eigenvalue weighted by molar-refractivity contribution is -0.121. The quantitative estimate of drug-likeness (QED) is 0.571. The smallest absolute Gasteiger partial charge is 0.220 e. The first-order valence-electron chi connectivity index (χ1n) is 10.2. The lowest BCUT2D eigenvalue weighted by Gasteiger charge is -2.12. The number of carbonyl (C=O) groups is 1. The molecule has 0 fully saturated rings. The van der Waals surface area contributed by atoms with Gasteiger partial charge in [0.05, 0.1) is 25.6 Å². The molecule has 30 heavy (non-hydrogen) atoms. The van der Waals surface area contributed by atoms with E-state index in [1.165, 1.54) is 0 Å². The summed E-state index contributed by atoms with van der Waals surface area (Å²) in [6, 6.07) is 15.7. The molecule has 0 aliphatic carbocycles. The molecule has 0 aliphatic rings. The Hall–Kier alpha value is -3.28. The molecule has 158 valence electrons. The molecular formula is C24H29N3O3. The molecule has 0 unspecified atom stereocenters. The van der Waals surface area contributed by atoms with Crippen LogP contribution in [0, 0.1) is 0 Å². The van der Waals surface area contributed by atoms with Gasteiger partial charge in [-0.15, -0.1) is 0 Å². The second kappa shape index (κ2) is 9.96. The minimum Gasteiger partial charge on any atom is -0.497 e. The summed E-state index contributed by atoms with van der Waals surface area (Å²) in [7, 11) is 3.27. The number of carbonyl (C=O) groups excluding carboxylic acids is 1. The second-order valence-electron chi connectivity index (χ2n) is 7.23. The molecule has 2 aromatic carbocycles. The van der Waals surface area contributed by atoms with Gasteiger partial charge in [0.25, 0.3) is 0 Å². The molecule has 0 aliphatic heterocycles. The highest BCUT2D eigenvalue weighted by atomic mass is 16.5. The van der Waals surface area contributed by atoms with Gasteiger partial charge in [0.1, 0.15) is 11.5 Å². The Morgan fingerprint density at radius 2 is 1.90 bits per heavy atom. The fourth-order valence-electron chi connectivity index (χ4n) is 3.23. The third-order valence-electron chi connectivity index (χ3n) is 5.11. The van der Waals surface area contributed by atoms with Crippen LogP contribution in [0.1, 0.15) is 32.3 Å².